The third kappa shape index (κ3) is 4.47. The molecule has 1 amide bonds. The van der Waals surface area contributed by atoms with E-state index >= 15 is 0 Å². The van der Waals surface area contributed by atoms with Gasteiger partial charge in [0.05, 0.1) is 12.7 Å². The first kappa shape index (κ1) is 16.3. The molecule has 0 aliphatic carbocycles. The summed E-state index contributed by atoms with van der Waals surface area (Å²) in [6.07, 6.45) is 5.32. The van der Waals surface area contributed by atoms with Crippen LogP contribution in [-0.2, 0) is 18.4 Å². The third-order valence-corrected chi connectivity index (χ3v) is 3.71. The summed E-state index contributed by atoms with van der Waals surface area (Å²) < 4.78 is 1.77. The number of hydrogen-bond donors (Lipinski definition) is 2. The summed E-state index contributed by atoms with van der Waals surface area (Å²) in [5.41, 5.74) is 1.08. The lowest BCUT2D eigenvalue weighted by Crippen LogP contribution is -2.45. The van der Waals surface area contributed by atoms with Crippen LogP contribution >= 0.6 is 0 Å². The molecule has 0 saturated carbocycles. The summed E-state index contributed by atoms with van der Waals surface area (Å²) in [4.78, 5) is 18.2. The van der Waals surface area contributed by atoms with Gasteiger partial charge in [-0.05, 0) is 13.3 Å². The standard InChI is InChI=1S/C15H26N6O/c1-4-14(22)21-7-6-13(11-21)19-15(16-5-2)17-8-12-9-18-20(3)10-12/h9-10,13H,4-8,11H2,1-3H3,(H2,16,17,19). The predicted octanol–water partition coefficient (Wildman–Crippen LogP) is 0.486. The number of aryl methyl sites for hydroxylation is 1. The number of guanidine groups is 1. The second-order valence-electron chi connectivity index (χ2n) is 5.54. The van der Waals surface area contributed by atoms with Gasteiger partial charge in [-0.1, -0.05) is 6.92 Å². The molecule has 2 heterocycles. The fraction of sp³-hybridized carbons (Fsp3) is 0.667. The number of carbonyl (C=O) groups excluding carboxylic acids is 1. The van der Waals surface area contributed by atoms with Crippen molar-refractivity contribution >= 4 is 11.9 Å². The molecule has 1 aromatic heterocycles. The van der Waals surface area contributed by atoms with Gasteiger partial charge in [-0.15, -0.1) is 0 Å². The molecule has 1 fully saturated rings. The van der Waals surface area contributed by atoms with E-state index in [1.54, 1.807) is 4.68 Å². The molecule has 2 N–H and O–H groups in total. The largest absolute Gasteiger partial charge is 0.357 e. The van der Waals surface area contributed by atoms with Crippen molar-refractivity contribution in [2.45, 2.75) is 39.3 Å². The second kappa shape index (κ2) is 7.82. The number of amides is 1. The van der Waals surface area contributed by atoms with Crippen molar-refractivity contribution in [1.82, 2.24) is 25.3 Å². The molecule has 7 nitrogen and oxygen atoms in total. The molecule has 2 rings (SSSR count). The van der Waals surface area contributed by atoms with Gasteiger partial charge in [0, 0.05) is 50.9 Å². The van der Waals surface area contributed by atoms with Crippen LogP contribution in [0.3, 0.4) is 0 Å². The molecule has 1 unspecified atom stereocenters. The SMILES string of the molecule is CCNC(=NCc1cnn(C)c1)NC1CCN(C(=O)CC)C1. The molecule has 1 aliphatic rings. The van der Waals surface area contributed by atoms with Gasteiger partial charge in [0.1, 0.15) is 0 Å². The molecule has 122 valence electrons. The summed E-state index contributed by atoms with van der Waals surface area (Å²) in [6.45, 7) is 6.93. The predicted molar refractivity (Wildman–Crippen MR) is 86.4 cm³/mol. The van der Waals surface area contributed by atoms with E-state index in [9.17, 15) is 4.79 Å². The van der Waals surface area contributed by atoms with E-state index in [1.807, 2.05) is 38.2 Å². The van der Waals surface area contributed by atoms with Crippen LogP contribution in [0, 0.1) is 0 Å². The highest BCUT2D eigenvalue weighted by Gasteiger charge is 2.25. The van der Waals surface area contributed by atoms with Crippen molar-refractivity contribution in [3.05, 3.63) is 18.0 Å². The Balaban J connectivity index is 1.90. The highest BCUT2D eigenvalue weighted by molar-refractivity contribution is 5.80. The van der Waals surface area contributed by atoms with Crippen molar-refractivity contribution in [3.8, 4) is 0 Å². The molecule has 0 spiro atoms. The maximum atomic E-state index is 11.7. The molecule has 1 atom stereocenters. The quantitative estimate of drug-likeness (QED) is 0.613. The first-order valence-corrected chi connectivity index (χ1v) is 7.92. The van der Waals surface area contributed by atoms with Gasteiger partial charge in [-0.2, -0.15) is 5.10 Å². The number of aliphatic imine (C=N–C) groups is 1. The number of rotatable bonds is 5. The van der Waals surface area contributed by atoms with Crippen molar-refractivity contribution in [2.24, 2.45) is 12.0 Å². The number of aromatic nitrogens is 2. The van der Waals surface area contributed by atoms with Gasteiger partial charge in [0.2, 0.25) is 5.91 Å². The van der Waals surface area contributed by atoms with Gasteiger partial charge in [-0.25, -0.2) is 4.99 Å². The van der Waals surface area contributed by atoms with Crippen LogP contribution in [-0.4, -0.2) is 52.2 Å². The lowest BCUT2D eigenvalue weighted by Gasteiger charge is -2.18. The molecule has 1 saturated heterocycles. The lowest BCUT2D eigenvalue weighted by atomic mass is 10.3. The Morgan fingerprint density at radius 3 is 2.95 bits per heavy atom. The van der Waals surface area contributed by atoms with E-state index in [0.717, 1.165) is 37.6 Å². The highest BCUT2D eigenvalue weighted by Crippen LogP contribution is 2.10. The summed E-state index contributed by atoms with van der Waals surface area (Å²) in [5, 5.41) is 10.8. The van der Waals surface area contributed by atoms with Gasteiger partial charge in [-0.3, -0.25) is 9.48 Å². The second-order valence-corrected chi connectivity index (χ2v) is 5.54. The van der Waals surface area contributed by atoms with Gasteiger partial charge in [0.15, 0.2) is 5.96 Å². The van der Waals surface area contributed by atoms with Crippen molar-refractivity contribution in [2.75, 3.05) is 19.6 Å². The van der Waals surface area contributed by atoms with Gasteiger partial charge in [0.25, 0.3) is 0 Å². The van der Waals surface area contributed by atoms with E-state index in [2.05, 4.69) is 20.7 Å². The normalized spacial score (nSPS) is 18.6. The summed E-state index contributed by atoms with van der Waals surface area (Å²) in [5.74, 6) is 1.02. The smallest absolute Gasteiger partial charge is 0.222 e. The summed E-state index contributed by atoms with van der Waals surface area (Å²) in [6, 6.07) is 0.266. The molecule has 1 aliphatic heterocycles. The number of carbonyl (C=O) groups is 1. The lowest BCUT2D eigenvalue weighted by molar-refractivity contribution is -0.129. The zero-order valence-corrected chi connectivity index (χ0v) is 13.7. The Labute approximate surface area is 131 Å². The number of hydrogen-bond acceptors (Lipinski definition) is 3. The highest BCUT2D eigenvalue weighted by atomic mass is 16.2. The molecule has 1 aromatic rings. The molecular weight excluding hydrogens is 280 g/mol. The zero-order chi connectivity index (χ0) is 15.9. The Kier molecular flexibility index (Phi) is 5.80. The minimum atomic E-state index is 0.224. The summed E-state index contributed by atoms with van der Waals surface area (Å²) in [7, 11) is 1.90. The number of nitrogens with one attached hydrogen (secondary N) is 2. The molecule has 0 bridgehead atoms. The van der Waals surface area contributed by atoms with E-state index in [4.69, 9.17) is 0 Å². The van der Waals surface area contributed by atoms with Crippen molar-refractivity contribution < 1.29 is 4.79 Å². The molecule has 22 heavy (non-hydrogen) atoms. The Morgan fingerprint density at radius 2 is 2.32 bits per heavy atom. The van der Waals surface area contributed by atoms with Crippen molar-refractivity contribution in [1.29, 1.82) is 0 Å². The summed E-state index contributed by atoms with van der Waals surface area (Å²) >= 11 is 0. The van der Waals surface area contributed by atoms with Crippen LogP contribution in [0.5, 0.6) is 0 Å². The van der Waals surface area contributed by atoms with Crippen LogP contribution in [0.2, 0.25) is 0 Å². The number of likely N-dealkylation sites (tertiary alicyclic amines) is 1. The average Bonchev–Trinajstić information content (AvgIpc) is 3.13. The van der Waals surface area contributed by atoms with Crippen LogP contribution < -0.4 is 10.6 Å². The van der Waals surface area contributed by atoms with E-state index < -0.39 is 0 Å². The molecule has 0 aromatic carbocycles. The van der Waals surface area contributed by atoms with Crippen LogP contribution in [0.1, 0.15) is 32.3 Å². The maximum absolute atomic E-state index is 11.7. The first-order chi connectivity index (χ1) is 10.6. The number of nitrogens with zero attached hydrogens (tertiary/aromatic N) is 4. The Bertz CT molecular complexity index is 524. The van der Waals surface area contributed by atoms with Gasteiger partial charge >= 0.3 is 0 Å². The maximum Gasteiger partial charge on any atom is 0.222 e. The Morgan fingerprint density at radius 1 is 1.50 bits per heavy atom. The van der Waals surface area contributed by atoms with Crippen LogP contribution in [0.4, 0.5) is 0 Å². The van der Waals surface area contributed by atoms with Crippen molar-refractivity contribution in [3.63, 3.8) is 0 Å². The fourth-order valence-corrected chi connectivity index (χ4v) is 2.57. The molecular formula is C15H26N6O. The van der Waals surface area contributed by atoms with Crippen LogP contribution in [0.25, 0.3) is 0 Å². The topological polar surface area (TPSA) is 74.6 Å². The zero-order valence-electron chi connectivity index (χ0n) is 13.7. The Hall–Kier alpha value is -2.05. The minimum absolute atomic E-state index is 0.224. The molecule has 0 radical (unpaired) electrons. The first-order valence-electron chi connectivity index (χ1n) is 7.92. The van der Waals surface area contributed by atoms with E-state index in [0.29, 0.717) is 13.0 Å². The minimum Gasteiger partial charge on any atom is -0.357 e. The van der Waals surface area contributed by atoms with E-state index in [-0.39, 0.29) is 11.9 Å². The van der Waals surface area contributed by atoms with E-state index in [1.165, 1.54) is 0 Å². The average molecular weight is 306 g/mol. The van der Waals surface area contributed by atoms with Crippen LogP contribution in [0.15, 0.2) is 17.4 Å². The monoisotopic (exact) mass is 306 g/mol. The molecule has 7 heteroatoms. The fourth-order valence-electron chi connectivity index (χ4n) is 2.57. The van der Waals surface area contributed by atoms with Gasteiger partial charge < -0.3 is 15.5 Å². The third-order valence-electron chi connectivity index (χ3n) is 3.71.